The lowest BCUT2D eigenvalue weighted by molar-refractivity contribution is 0.0944. The summed E-state index contributed by atoms with van der Waals surface area (Å²) in [6, 6.07) is 5.64. The first-order chi connectivity index (χ1) is 9.11. The van der Waals surface area contributed by atoms with E-state index in [4.69, 9.17) is 0 Å². The van der Waals surface area contributed by atoms with Gasteiger partial charge < -0.3 is 5.32 Å². The second kappa shape index (κ2) is 7.23. The summed E-state index contributed by atoms with van der Waals surface area (Å²) < 4.78 is 1.75. The largest absolute Gasteiger partial charge is 0.352 e. The highest BCUT2D eigenvalue weighted by Gasteiger charge is 2.26. The van der Waals surface area contributed by atoms with Crippen molar-refractivity contribution in [1.29, 1.82) is 0 Å². The van der Waals surface area contributed by atoms with E-state index in [0.29, 0.717) is 17.4 Å². The first kappa shape index (κ1) is 15.5. The van der Waals surface area contributed by atoms with Crippen LogP contribution in [0.3, 0.4) is 0 Å². The summed E-state index contributed by atoms with van der Waals surface area (Å²) in [6.45, 7) is 0.772. The second-order valence-electron chi connectivity index (χ2n) is 4.94. The molecule has 1 aromatic rings. The fourth-order valence-electron chi connectivity index (χ4n) is 2.58. The predicted molar refractivity (Wildman–Crippen MR) is 88.8 cm³/mol. The Balaban J connectivity index is 1.96. The van der Waals surface area contributed by atoms with Gasteiger partial charge in [-0.15, -0.1) is 0 Å². The molecule has 1 amide bonds. The zero-order valence-corrected chi connectivity index (χ0v) is 15.2. The maximum atomic E-state index is 12.2. The molecule has 0 aromatic heterocycles. The van der Waals surface area contributed by atoms with Gasteiger partial charge in [-0.2, -0.15) is 0 Å². The van der Waals surface area contributed by atoms with Gasteiger partial charge in [0, 0.05) is 20.8 Å². The average molecular weight is 454 g/mol. The van der Waals surface area contributed by atoms with E-state index < -0.39 is 0 Å². The van der Waals surface area contributed by atoms with Crippen LogP contribution in [0, 0.1) is 11.8 Å². The molecule has 1 aromatic carbocycles. The van der Waals surface area contributed by atoms with Crippen LogP contribution in [0.4, 0.5) is 0 Å². The fourth-order valence-corrected chi connectivity index (χ4v) is 4.22. The van der Waals surface area contributed by atoms with Gasteiger partial charge in [0.15, 0.2) is 0 Å². The molecule has 1 saturated carbocycles. The molecule has 1 aliphatic carbocycles. The van der Waals surface area contributed by atoms with Crippen molar-refractivity contribution >= 4 is 53.7 Å². The molecule has 0 spiro atoms. The summed E-state index contributed by atoms with van der Waals surface area (Å²) in [5, 5.41) is 4.10. The van der Waals surface area contributed by atoms with Gasteiger partial charge in [0.1, 0.15) is 0 Å². The first-order valence-electron chi connectivity index (χ1n) is 6.41. The summed E-state index contributed by atoms with van der Waals surface area (Å²) >= 11 is 10.4. The molecule has 0 aliphatic heterocycles. The molecule has 0 bridgehead atoms. The van der Waals surface area contributed by atoms with Crippen LogP contribution in [-0.2, 0) is 0 Å². The maximum absolute atomic E-state index is 12.2. The molecule has 1 fully saturated rings. The van der Waals surface area contributed by atoms with Crippen molar-refractivity contribution < 1.29 is 4.79 Å². The molecular formula is C14H16Br3NO. The molecule has 2 atom stereocenters. The normalized spacial score (nSPS) is 22.5. The van der Waals surface area contributed by atoms with Gasteiger partial charge >= 0.3 is 0 Å². The van der Waals surface area contributed by atoms with Crippen LogP contribution in [0.2, 0.25) is 0 Å². The van der Waals surface area contributed by atoms with Crippen molar-refractivity contribution in [3.8, 4) is 0 Å². The molecule has 2 nitrogen and oxygen atoms in total. The highest BCUT2D eigenvalue weighted by Crippen LogP contribution is 2.32. The SMILES string of the molecule is O=C(NCC1CCCC1CBr)c1cc(Br)ccc1Br. The van der Waals surface area contributed by atoms with Crippen molar-refractivity contribution in [1.82, 2.24) is 5.32 Å². The number of alkyl halides is 1. The summed E-state index contributed by atoms with van der Waals surface area (Å²) in [6.07, 6.45) is 3.76. The third-order valence-electron chi connectivity index (χ3n) is 3.71. The second-order valence-corrected chi connectivity index (χ2v) is 7.36. The minimum atomic E-state index is -0.00611. The van der Waals surface area contributed by atoms with Crippen molar-refractivity contribution in [3.05, 3.63) is 32.7 Å². The van der Waals surface area contributed by atoms with Gasteiger partial charge in [0.05, 0.1) is 5.56 Å². The lowest BCUT2D eigenvalue weighted by atomic mass is 9.98. The number of hydrogen-bond acceptors (Lipinski definition) is 1. The Labute approximate surface area is 139 Å². The highest BCUT2D eigenvalue weighted by atomic mass is 79.9. The van der Waals surface area contributed by atoms with Gasteiger partial charge in [-0.25, -0.2) is 0 Å². The minimum absolute atomic E-state index is 0.00611. The first-order valence-corrected chi connectivity index (χ1v) is 9.11. The molecular weight excluding hydrogens is 438 g/mol. The average Bonchev–Trinajstić information content (AvgIpc) is 2.86. The summed E-state index contributed by atoms with van der Waals surface area (Å²) in [5.74, 6) is 1.30. The standard InChI is InChI=1S/C14H16Br3NO/c15-7-9-2-1-3-10(9)8-18-14(19)12-6-11(16)4-5-13(12)17/h4-6,9-10H,1-3,7-8H2,(H,18,19). The van der Waals surface area contributed by atoms with Gasteiger partial charge in [0.25, 0.3) is 5.91 Å². The number of halogens is 3. The third-order valence-corrected chi connectivity index (χ3v) is 5.73. The zero-order chi connectivity index (χ0) is 13.8. The number of carbonyl (C=O) groups excluding carboxylic acids is 1. The topological polar surface area (TPSA) is 29.1 Å². The lowest BCUT2D eigenvalue weighted by Gasteiger charge is -2.18. The number of benzene rings is 1. The maximum Gasteiger partial charge on any atom is 0.252 e. The predicted octanol–water partition coefficient (Wildman–Crippen LogP) is 4.75. The number of hydrogen-bond donors (Lipinski definition) is 1. The number of amides is 1. The molecule has 5 heteroatoms. The van der Waals surface area contributed by atoms with Crippen LogP contribution in [0.5, 0.6) is 0 Å². The third kappa shape index (κ3) is 4.05. The van der Waals surface area contributed by atoms with Crippen LogP contribution in [-0.4, -0.2) is 17.8 Å². The van der Waals surface area contributed by atoms with Crippen molar-refractivity contribution in [2.75, 3.05) is 11.9 Å². The summed E-state index contributed by atoms with van der Waals surface area (Å²) in [4.78, 5) is 12.2. The number of carbonyl (C=O) groups is 1. The van der Waals surface area contributed by atoms with Crippen LogP contribution >= 0.6 is 47.8 Å². The smallest absolute Gasteiger partial charge is 0.252 e. The van der Waals surface area contributed by atoms with Gasteiger partial charge in [0.2, 0.25) is 0 Å². The summed E-state index contributed by atoms with van der Waals surface area (Å²) in [5.41, 5.74) is 0.683. The van der Waals surface area contributed by atoms with E-state index >= 15 is 0 Å². The molecule has 1 N–H and O–H groups in total. The van der Waals surface area contributed by atoms with E-state index in [1.807, 2.05) is 18.2 Å². The summed E-state index contributed by atoms with van der Waals surface area (Å²) in [7, 11) is 0. The Morgan fingerprint density at radius 3 is 2.74 bits per heavy atom. The number of nitrogens with one attached hydrogen (secondary N) is 1. The van der Waals surface area contributed by atoms with Gasteiger partial charge in [-0.3, -0.25) is 4.79 Å². The van der Waals surface area contributed by atoms with Crippen LogP contribution in [0.1, 0.15) is 29.6 Å². The molecule has 104 valence electrons. The van der Waals surface area contributed by atoms with Crippen LogP contribution in [0.15, 0.2) is 27.1 Å². The van der Waals surface area contributed by atoms with E-state index in [0.717, 1.165) is 20.8 Å². The molecule has 1 aliphatic rings. The Morgan fingerprint density at radius 2 is 2.00 bits per heavy atom. The molecule has 2 rings (SSSR count). The van der Waals surface area contributed by atoms with E-state index in [1.54, 1.807) is 0 Å². The molecule has 19 heavy (non-hydrogen) atoms. The van der Waals surface area contributed by atoms with Crippen molar-refractivity contribution in [2.24, 2.45) is 11.8 Å². The molecule has 0 heterocycles. The minimum Gasteiger partial charge on any atom is -0.352 e. The van der Waals surface area contributed by atoms with Crippen LogP contribution < -0.4 is 5.32 Å². The zero-order valence-electron chi connectivity index (χ0n) is 10.5. The van der Waals surface area contributed by atoms with E-state index in [2.05, 4.69) is 53.1 Å². The van der Waals surface area contributed by atoms with E-state index in [9.17, 15) is 4.79 Å². The number of rotatable bonds is 4. The van der Waals surface area contributed by atoms with E-state index in [1.165, 1.54) is 19.3 Å². The Hall–Kier alpha value is 0.130. The Morgan fingerprint density at radius 1 is 1.26 bits per heavy atom. The monoisotopic (exact) mass is 451 g/mol. The van der Waals surface area contributed by atoms with Crippen molar-refractivity contribution in [2.45, 2.75) is 19.3 Å². The molecule has 2 unspecified atom stereocenters. The van der Waals surface area contributed by atoms with Gasteiger partial charge in [-0.1, -0.05) is 38.3 Å². The Kier molecular flexibility index (Phi) is 5.90. The lowest BCUT2D eigenvalue weighted by Crippen LogP contribution is -2.31. The quantitative estimate of drug-likeness (QED) is 0.655. The van der Waals surface area contributed by atoms with Gasteiger partial charge in [-0.05, 0) is 58.8 Å². The van der Waals surface area contributed by atoms with E-state index in [-0.39, 0.29) is 5.91 Å². The fraction of sp³-hybridized carbons (Fsp3) is 0.500. The van der Waals surface area contributed by atoms with Crippen LogP contribution in [0.25, 0.3) is 0 Å². The highest BCUT2D eigenvalue weighted by molar-refractivity contribution is 9.11. The Bertz CT molecular complexity index is 464. The van der Waals surface area contributed by atoms with Crippen molar-refractivity contribution in [3.63, 3.8) is 0 Å². The molecule has 0 radical (unpaired) electrons. The molecule has 0 saturated heterocycles.